The van der Waals surface area contributed by atoms with Crippen molar-refractivity contribution in [2.24, 2.45) is 11.8 Å². The van der Waals surface area contributed by atoms with Gasteiger partial charge in [-0.25, -0.2) is 13.2 Å². The minimum Gasteiger partial charge on any atom is -0.204 e. The van der Waals surface area contributed by atoms with Crippen LogP contribution in [0.5, 0.6) is 0 Å². The van der Waals surface area contributed by atoms with Crippen LogP contribution in [-0.2, 0) is 0 Å². The van der Waals surface area contributed by atoms with Crippen molar-refractivity contribution in [2.75, 3.05) is 0 Å². The van der Waals surface area contributed by atoms with Crippen molar-refractivity contribution in [3.05, 3.63) is 58.9 Å². The maximum absolute atomic E-state index is 13.3. The summed E-state index contributed by atoms with van der Waals surface area (Å²) < 4.78 is 39.7. The van der Waals surface area contributed by atoms with E-state index >= 15 is 0 Å². The molecule has 0 aliphatic heterocycles. The van der Waals surface area contributed by atoms with E-state index in [0.717, 1.165) is 24.5 Å². The molecule has 0 heterocycles. The van der Waals surface area contributed by atoms with Crippen LogP contribution in [0, 0.1) is 29.3 Å². The van der Waals surface area contributed by atoms with Gasteiger partial charge >= 0.3 is 0 Å². The maximum atomic E-state index is 13.3. The highest BCUT2D eigenvalue weighted by molar-refractivity contribution is 5.35. The van der Waals surface area contributed by atoms with E-state index < -0.39 is 17.5 Å². The number of rotatable bonds is 2. The Morgan fingerprint density at radius 2 is 1.59 bits per heavy atom. The van der Waals surface area contributed by atoms with Gasteiger partial charge in [-0.1, -0.05) is 38.0 Å². The van der Waals surface area contributed by atoms with Gasteiger partial charge in [-0.2, -0.15) is 0 Å². The molecule has 0 spiro atoms. The SMILES string of the molecule is CC1CCC(C2=CCC(c3cc(F)c(F)c(F)c3)C=C2)CC1. The van der Waals surface area contributed by atoms with E-state index in [4.69, 9.17) is 0 Å². The Labute approximate surface area is 129 Å². The minimum absolute atomic E-state index is 0.0733. The Hall–Kier alpha value is -1.51. The number of halogens is 3. The summed E-state index contributed by atoms with van der Waals surface area (Å²) in [7, 11) is 0. The van der Waals surface area contributed by atoms with Crippen molar-refractivity contribution in [2.45, 2.75) is 44.9 Å². The van der Waals surface area contributed by atoms with Gasteiger partial charge in [-0.05, 0) is 54.4 Å². The van der Waals surface area contributed by atoms with Gasteiger partial charge in [-0.3, -0.25) is 0 Å². The second-order valence-corrected chi connectivity index (χ2v) is 6.66. The topological polar surface area (TPSA) is 0 Å². The molecule has 0 aromatic heterocycles. The van der Waals surface area contributed by atoms with Crippen molar-refractivity contribution >= 4 is 0 Å². The number of hydrogen-bond donors (Lipinski definition) is 0. The highest BCUT2D eigenvalue weighted by Gasteiger charge is 2.23. The Balaban J connectivity index is 1.70. The molecule has 1 fully saturated rings. The van der Waals surface area contributed by atoms with Gasteiger partial charge in [0.05, 0.1) is 0 Å². The molecule has 2 aliphatic rings. The van der Waals surface area contributed by atoms with Crippen LogP contribution in [0.1, 0.15) is 50.5 Å². The van der Waals surface area contributed by atoms with Crippen molar-refractivity contribution in [1.29, 1.82) is 0 Å². The van der Waals surface area contributed by atoms with Gasteiger partial charge in [0.15, 0.2) is 17.5 Å². The third-order valence-electron chi connectivity index (χ3n) is 5.05. The largest absolute Gasteiger partial charge is 0.204 e. The minimum atomic E-state index is -1.39. The van der Waals surface area contributed by atoms with Crippen LogP contribution in [0.25, 0.3) is 0 Å². The fraction of sp³-hybridized carbons (Fsp3) is 0.474. The molecule has 0 saturated heterocycles. The van der Waals surface area contributed by atoms with Gasteiger partial charge in [0.2, 0.25) is 0 Å². The number of hydrogen-bond acceptors (Lipinski definition) is 0. The molecule has 3 heteroatoms. The molecular formula is C19H21F3. The monoisotopic (exact) mass is 306 g/mol. The molecule has 0 radical (unpaired) electrons. The van der Waals surface area contributed by atoms with Gasteiger partial charge < -0.3 is 0 Å². The van der Waals surface area contributed by atoms with Crippen LogP contribution in [0.2, 0.25) is 0 Å². The molecule has 0 nitrogen and oxygen atoms in total. The van der Waals surface area contributed by atoms with E-state index in [1.807, 2.05) is 6.08 Å². The standard InChI is InChI=1S/C19H21F3/c1-12-2-4-13(5-3-12)14-6-8-15(9-7-14)16-10-17(20)19(22)18(21)11-16/h6-8,10-13,15H,2-5,9H2,1H3. The van der Waals surface area contributed by atoms with Crippen LogP contribution in [0.3, 0.4) is 0 Å². The lowest BCUT2D eigenvalue weighted by Gasteiger charge is -2.29. The normalized spacial score (nSPS) is 28.5. The van der Waals surface area contributed by atoms with Crippen LogP contribution in [0.15, 0.2) is 35.9 Å². The lowest BCUT2D eigenvalue weighted by Crippen LogP contribution is -2.15. The summed E-state index contributed by atoms with van der Waals surface area (Å²) in [6, 6.07) is 2.21. The molecule has 1 saturated carbocycles. The Morgan fingerprint density at radius 3 is 2.14 bits per heavy atom. The van der Waals surface area contributed by atoms with E-state index in [2.05, 4.69) is 19.1 Å². The molecule has 1 aromatic rings. The summed E-state index contributed by atoms with van der Waals surface area (Å²) in [4.78, 5) is 0. The summed E-state index contributed by atoms with van der Waals surface area (Å²) >= 11 is 0. The summed E-state index contributed by atoms with van der Waals surface area (Å²) in [6.07, 6.45) is 12.0. The van der Waals surface area contributed by atoms with Gasteiger partial charge in [0, 0.05) is 5.92 Å². The first-order chi connectivity index (χ1) is 10.5. The van der Waals surface area contributed by atoms with Gasteiger partial charge in [0.25, 0.3) is 0 Å². The van der Waals surface area contributed by atoms with Crippen LogP contribution in [-0.4, -0.2) is 0 Å². The van der Waals surface area contributed by atoms with E-state index in [1.165, 1.54) is 31.3 Å². The first kappa shape index (κ1) is 15.4. The van der Waals surface area contributed by atoms with Crippen molar-refractivity contribution in [3.8, 4) is 0 Å². The first-order valence-electron chi connectivity index (χ1n) is 8.07. The molecule has 2 aliphatic carbocycles. The quantitative estimate of drug-likeness (QED) is 0.597. The van der Waals surface area contributed by atoms with Crippen molar-refractivity contribution in [3.63, 3.8) is 0 Å². The van der Waals surface area contributed by atoms with Crippen LogP contribution < -0.4 is 0 Å². The average Bonchev–Trinajstić information content (AvgIpc) is 2.53. The van der Waals surface area contributed by atoms with E-state index in [9.17, 15) is 13.2 Å². The van der Waals surface area contributed by atoms with Gasteiger partial charge in [-0.15, -0.1) is 0 Å². The highest BCUT2D eigenvalue weighted by Crippen LogP contribution is 2.37. The highest BCUT2D eigenvalue weighted by atomic mass is 19.2. The second-order valence-electron chi connectivity index (χ2n) is 6.66. The predicted molar refractivity (Wildman–Crippen MR) is 82.0 cm³/mol. The molecule has 22 heavy (non-hydrogen) atoms. The van der Waals surface area contributed by atoms with Crippen LogP contribution in [0.4, 0.5) is 13.2 Å². The van der Waals surface area contributed by atoms with Gasteiger partial charge in [0.1, 0.15) is 0 Å². The molecular weight excluding hydrogens is 285 g/mol. The Kier molecular flexibility index (Phi) is 4.42. The smallest absolute Gasteiger partial charge is 0.194 e. The fourth-order valence-corrected chi connectivity index (χ4v) is 3.57. The Morgan fingerprint density at radius 1 is 0.955 bits per heavy atom. The predicted octanol–water partition coefficient (Wildman–Crippen LogP) is 5.90. The van der Waals surface area contributed by atoms with E-state index in [1.54, 1.807) is 0 Å². The molecule has 3 rings (SSSR count). The molecule has 118 valence electrons. The molecule has 1 atom stereocenters. The third kappa shape index (κ3) is 3.13. The number of allylic oxidation sites excluding steroid dienone is 4. The average molecular weight is 306 g/mol. The van der Waals surface area contributed by atoms with Crippen molar-refractivity contribution in [1.82, 2.24) is 0 Å². The summed E-state index contributed by atoms with van der Waals surface area (Å²) in [6.45, 7) is 2.30. The molecule has 1 unspecified atom stereocenters. The maximum Gasteiger partial charge on any atom is 0.194 e. The Bertz CT molecular complexity index is 584. The zero-order chi connectivity index (χ0) is 15.7. The summed E-state index contributed by atoms with van der Waals surface area (Å²) in [5, 5.41) is 0. The van der Waals surface area contributed by atoms with E-state index in [0.29, 0.717) is 11.5 Å². The summed E-state index contributed by atoms with van der Waals surface area (Å²) in [5.41, 5.74) is 1.85. The van der Waals surface area contributed by atoms with Crippen LogP contribution >= 0.6 is 0 Å². The lowest BCUT2D eigenvalue weighted by molar-refractivity contribution is 0.322. The number of benzene rings is 1. The zero-order valence-corrected chi connectivity index (χ0v) is 12.8. The molecule has 0 N–H and O–H groups in total. The third-order valence-corrected chi connectivity index (χ3v) is 5.05. The molecule has 1 aromatic carbocycles. The lowest BCUT2D eigenvalue weighted by atomic mass is 9.77. The zero-order valence-electron chi connectivity index (χ0n) is 12.8. The van der Waals surface area contributed by atoms with E-state index in [-0.39, 0.29) is 5.92 Å². The molecule has 0 bridgehead atoms. The van der Waals surface area contributed by atoms with Crippen molar-refractivity contribution < 1.29 is 13.2 Å². The first-order valence-corrected chi connectivity index (χ1v) is 8.07. The fourth-order valence-electron chi connectivity index (χ4n) is 3.57. The summed E-state index contributed by atoms with van der Waals surface area (Å²) in [5.74, 6) is -2.25. The molecule has 0 amide bonds. The second kappa shape index (κ2) is 6.31.